The van der Waals surface area contributed by atoms with Crippen molar-refractivity contribution in [1.29, 1.82) is 0 Å². The van der Waals surface area contributed by atoms with Crippen LogP contribution in [-0.2, 0) is 0 Å². The SMILES string of the molecule is CC(NC(=O)c1cc(Cl)ccc1Oc1cc(F)cc(Cl)c1)c1ccccc1C(=O)O. The number of carbonyl (C=O) groups excluding carboxylic acids is 1. The topological polar surface area (TPSA) is 75.6 Å². The number of halogens is 3. The van der Waals surface area contributed by atoms with Crippen molar-refractivity contribution >= 4 is 35.1 Å². The lowest BCUT2D eigenvalue weighted by molar-refractivity contribution is 0.0693. The number of rotatable bonds is 6. The fraction of sp³-hybridized carbons (Fsp3) is 0.0909. The second-order valence-corrected chi connectivity index (χ2v) is 7.31. The first-order chi connectivity index (χ1) is 14.2. The van der Waals surface area contributed by atoms with Gasteiger partial charge >= 0.3 is 5.97 Å². The van der Waals surface area contributed by atoms with E-state index in [4.69, 9.17) is 27.9 Å². The molecule has 0 fully saturated rings. The standard InChI is InChI=1S/C22H16Cl2FNO4/c1-12(17-4-2-3-5-18(17)22(28)29)26-21(27)19-10-13(23)6-7-20(19)30-16-9-14(24)8-15(25)11-16/h2-12H,1H3,(H,26,27)(H,28,29). The maximum Gasteiger partial charge on any atom is 0.336 e. The van der Waals surface area contributed by atoms with E-state index in [-0.39, 0.29) is 27.6 Å². The molecule has 0 saturated heterocycles. The van der Waals surface area contributed by atoms with Crippen LogP contribution < -0.4 is 10.1 Å². The molecule has 3 rings (SSSR count). The van der Waals surface area contributed by atoms with Gasteiger partial charge in [-0.15, -0.1) is 0 Å². The molecule has 0 aromatic heterocycles. The summed E-state index contributed by atoms with van der Waals surface area (Å²) in [5, 5.41) is 12.5. The van der Waals surface area contributed by atoms with Gasteiger partial charge in [-0.25, -0.2) is 9.18 Å². The summed E-state index contributed by atoms with van der Waals surface area (Å²) in [4.78, 5) is 24.4. The molecule has 1 amide bonds. The Morgan fingerprint density at radius 3 is 2.43 bits per heavy atom. The van der Waals surface area contributed by atoms with Crippen LogP contribution in [0.15, 0.2) is 60.7 Å². The normalized spacial score (nSPS) is 11.6. The highest BCUT2D eigenvalue weighted by molar-refractivity contribution is 6.31. The molecule has 0 heterocycles. The molecule has 30 heavy (non-hydrogen) atoms. The van der Waals surface area contributed by atoms with Gasteiger partial charge in [-0.2, -0.15) is 0 Å². The number of carboxylic acid groups (broad SMARTS) is 1. The summed E-state index contributed by atoms with van der Waals surface area (Å²) < 4.78 is 19.3. The zero-order valence-electron chi connectivity index (χ0n) is 15.7. The first-order valence-corrected chi connectivity index (χ1v) is 9.57. The minimum absolute atomic E-state index is 0.0854. The lowest BCUT2D eigenvalue weighted by atomic mass is 10.0. The Morgan fingerprint density at radius 2 is 1.73 bits per heavy atom. The first kappa shape index (κ1) is 21.6. The average molecular weight is 448 g/mol. The Balaban J connectivity index is 1.89. The van der Waals surface area contributed by atoms with Gasteiger partial charge in [0.2, 0.25) is 0 Å². The second kappa shape index (κ2) is 9.15. The lowest BCUT2D eigenvalue weighted by Crippen LogP contribution is -2.28. The fourth-order valence-electron chi connectivity index (χ4n) is 2.90. The Hall–Kier alpha value is -3.09. The molecule has 0 aliphatic carbocycles. The molecule has 154 valence electrons. The molecule has 3 aromatic carbocycles. The van der Waals surface area contributed by atoms with E-state index in [1.165, 1.54) is 30.3 Å². The highest BCUT2D eigenvalue weighted by Crippen LogP contribution is 2.30. The fourth-order valence-corrected chi connectivity index (χ4v) is 3.29. The third kappa shape index (κ3) is 5.09. The van der Waals surface area contributed by atoms with Crippen LogP contribution in [0.1, 0.15) is 39.2 Å². The molecule has 0 radical (unpaired) electrons. The summed E-state index contributed by atoms with van der Waals surface area (Å²) in [5.41, 5.74) is 0.629. The molecule has 0 aliphatic heterocycles. The Bertz CT molecular complexity index is 1100. The molecular formula is C22H16Cl2FNO4. The summed E-state index contributed by atoms with van der Waals surface area (Å²) in [6.45, 7) is 1.66. The quantitative estimate of drug-likeness (QED) is 0.477. The smallest absolute Gasteiger partial charge is 0.336 e. The van der Waals surface area contributed by atoms with Crippen LogP contribution in [0.3, 0.4) is 0 Å². The number of hydrogen-bond acceptors (Lipinski definition) is 3. The van der Waals surface area contributed by atoms with Gasteiger partial charge in [0.05, 0.1) is 17.2 Å². The van der Waals surface area contributed by atoms with Gasteiger partial charge in [-0.3, -0.25) is 4.79 Å². The van der Waals surface area contributed by atoms with E-state index in [0.717, 1.165) is 12.1 Å². The summed E-state index contributed by atoms with van der Waals surface area (Å²) in [7, 11) is 0. The molecule has 5 nitrogen and oxygen atoms in total. The molecule has 1 unspecified atom stereocenters. The van der Waals surface area contributed by atoms with Gasteiger partial charge < -0.3 is 15.2 Å². The summed E-state index contributed by atoms with van der Waals surface area (Å²) in [6.07, 6.45) is 0. The number of ether oxygens (including phenoxy) is 1. The van der Waals surface area contributed by atoms with E-state index in [9.17, 15) is 19.1 Å². The van der Waals surface area contributed by atoms with Crippen molar-refractivity contribution in [2.24, 2.45) is 0 Å². The van der Waals surface area contributed by atoms with Crippen LogP contribution in [0, 0.1) is 5.82 Å². The maximum absolute atomic E-state index is 13.6. The largest absolute Gasteiger partial charge is 0.478 e. The third-order valence-electron chi connectivity index (χ3n) is 4.26. The van der Waals surface area contributed by atoms with E-state index >= 15 is 0 Å². The van der Waals surface area contributed by atoms with Gasteiger partial charge in [-0.05, 0) is 48.9 Å². The van der Waals surface area contributed by atoms with Crippen molar-refractivity contribution < 1.29 is 23.8 Å². The summed E-state index contributed by atoms with van der Waals surface area (Å²) in [5.74, 6) is -1.97. The van der Waals surface area contributed by atoms with Gasteiger partial charge in [0.25, 0.3) is 5.91 Å². The number of aromatic carboxylic acids is 1. The molecule has 2 N–H and O–H groups in total. The summed E-state index contributed by atoms with van der Waals surface area (Å²) in [6, 6.07) is 13.8. The van der Waals surface area contributed by atoms with E-state index < -0.39 is 23.7 Å². The van der Waals surface area contributed by atoms with Crippen molar-refractivity contribution in [3.8, 4) is 11.5 Å². The number of carbonyl (C=O) groups is 2. The van der Waals surface area contributed by atoms with Crippen molar-refractivity contribution in [3.05, 3.63) is 93.2 Å². The van der Waals surface area contributed by atoms with Crippen LogP contribution in [0.2, 0.25) is 10.0 Å². The van der Waals surface area contributed by atoms with Crippen LogP contribution in [0.4, 0.5) is 4.39 Å². The molecule has 0 bridgehead atoms. The number of hydrogen-bond donors (Lipinski definition) is 2. The molecule has 0 aliphatic rings. The molecule has 3 aromatic rings. The third-order valence-corrected chi connectivity index (χ3v) is 4.71. The minimum atomic E-state index is -1.10. The van der Waals surface area contributed by atoms with Crippen LogP contribution in [0.25, 0.3) is 0 Å². The second-order valence-electron chi connectivity index (χ2n) is 6.44. The van der Waals surface area contributed by atoms with Crippen LogP contribution in [0.5, 0.6) is 11.5 Å². The molecule has 1 atom stereocenters. The lowest BCUT2D eigenvalue weighted by Gasteiger charge is -2.18. The van der Waals surface area contributed by atoms with Crippen molar-refractivity contribution in [1.82, 2.24) is 5.32 Å². The maximum atomic E-state index is 13.6. The van der Waals surface area contributed by atoms with E-state index in [0.29, 0.717) is 10.6 Å². The van der Waals surface area contributed by atoms with Gasteiger partial charge in [-0.1, -0.05) is 41.4 Å². The molecule has 8 heteroatoms. The highest BCUT2D eigenvalue weighted by atomic mass is 35.5. The molecule has 0 spiro atoms. The number of amides is 1. The highest BCUT2D eigenvalue weighted by Gasteiger charge is 2.20. The number of carboxylic acids is 1. The van der Waals surface area contributed by atoms with E-state index in [1.54, 1.807) is 25.1 Å². The monoisotopic (exact) mass is 447 g/mol. The Morgan fingerprint density at radius 1 is 1.00 bits per heavy atom. The first-order valence-electron chi connectivity index (χ1n) is 8.81. The molecule has 0 saturated carbocycles. The van der Waals surface area contributed by atoms with Crippen molar-refractivity contribution in [2.45, 2.75) is 13.0 Å². The van der Waals surface area contributed by atoms with Crippen molar-refractivity contribution in [2.75, 3.05) is 0 Å². The Labute approximate surface area is 182 Å². The van der Waals surface area contributed by atoms with Crippen LogP contribution in [-0.4, -0.2) is 17.0 Å². The van der Waals surface area contributed by atoms with E-state index in [1.807, 2.05) is 0 Å². The Kier molecular flexibility index (Phi) is 6.59. The van der Waals surface area contributed by atoms with Crippen molar-refractivity contribution in [3.63, 3.8) is 0 Å². The van der Waals surface area contributed by atoms with Crippen LogP contribution >= 0.6 is 23.2 Å². The predicted molar refractivity (Wildman–Crippen MR) is 112 cm³/mol. The van der Waals surface area contributed by atoms with Gasteiger partial charge in [0, 0.05) is 16.1 Å². The van der Waals surface area contributed by atoms with Gasteiger partial charge in [0.15, 0.2) is 0 Å². The number of nitrogens with one attached hydrogen (secondary N) is 1. The van der Waals surface area contributed by atoms with E-state index in [2.05, 4.69) is 5.32 Å². The van der Waals surface area contributed by atoms with Gasteiger partial charge in [0.1, 0.15) is 17.3 Å². The zero-order chi connectivity index (χ0) is 21.8. The summed E-state index contributed by atoms with van der Waals surface area (Å²) >= 11 is 11.9. The zero-order valence-corrected chi connectivity index (χ0v) is 17.2. The predicted octanol–water partition coefficient (Wildman–Crippen LogP) is 6.11. The number of benzene rings is 3. The average Bonchev–Trinajstić information content (AvgIpc) is 2.68. The molecular weight excluding hydrogens is 432 g/mol. The minimum Gasteiger partial charge on any atom is -0.478 e.